The van der Waals surface area contributed by atoms with E-state index in [-0.39, 0.29) is 0 Å². The van der Waals surface area contributed by atoms with Crippen molar-refractivity contribution in [2.45, 2.75) is 18.9 Å². The van der Waals surface area contributed by atoms with E-state index in [1.807, 2.05) is 0 Å². The Morgan fingerprint density at radius 2 is 2.18 bits per heavy atom. The van der Waals surface area contributed by atoms with Crippen LogP contribution in [0, 0.1) is 0 Å². The molecule has 3 nitrogen and oxygen atoms in total. The van der Waals surface area contributed by atoms with Crippen LogP contribution in [-0.2, 0) is 0 Å². The summed E-state index contributed by atoms with van der Waals surface area (Å²) in [5, 5.41) is 6.81. The number of rotatable bonds is 1. The minimum atomic E-state index is 0.808. The third-order valence-electron chi connectivity index (χ3n) is 2.66. The van der Waals surface area contributed by atoms with Gasteiger partial charge in [-0.05, 0) is 25.9 Å². The number of hydrogen-bond acceptors (Lipinski definition) is 3. The predicted octanol–water partition coefficient (Wildman–Crippen LogP) is -0.399. The van der Waals surface area contributed by atoms with Crippen LogP contribution in [0.4, 0.5) is 0 Å². The molecule has 0 bridgehead atoms. The van der Waals surface area contributed by atoms with Crippen molar-refractivity contribution in [1.29, 1.82) is 0 Å². The minimum Gasteiger partial charge on any atom is -0.315 e. The Morgan fingerprint density at radius 3 is 2.82 bits per heavy atom. The van der Waals surface area contributed by atoms with Crippen molar-refractivity contribution >= 4 is 0 Å². The summed E-state index contributed by atoms with van der Waals surface area (Å²) in [7, 11) is 0. The van der Waals surface area contributed by atoms with Crippen molar-refractivity contribution in [3.05, 3.63) is 0 Å². The Labute approximate surface area is 68.1 Å². The molecule has 0 aliphatic carbocycles. The lowest BCUT2D eigenvalue weighted by molar-refractivity contribution is 0.163. The van der Waals surface area contributed by atoms with Gasteiger partial charge in [-0.2, -0.15) is 0 Å². The first-order valence-corrected chi connectivity index (χ1v) is 4.62. The largest absolute Gasteiger partial charge is 0.315 e. The second-order valence-electron chi connectivity index (χ2n) is 3.47. The van der Waals surface area contributed by atoms with Gasteiger partial charge in [0.15, 0.2) is 0 Å². The molecule has 2 rings (SSSR count). The van der Waals surface area contributed by atoms with E-state index in [1.54, 1.807) is 0 Å². The normalized spacial score (nSPS) is 34.4. The van der Waals surface area contributed by atoms with Crippen LogP contribution in [0.2, 0.25) is 0 Å². The first kappa shape index (κ1) is 7.53. The van der Waals surface area contributed by atoms with E-state index in [1.165, 1.54) is 39.0 Å². The molecule has 2 heterocycles. The van der Waals surface area contributed by atoms with Gasteiger partial charge in [0.1, 0.15) is 0 Å². The van der Waals surface area contributed by atoms with Crippen LogP contribution in [0.3, 0.4) is 0 Å². The SMILES string of the molecule is C1CNCN(C2CCNC2)C1. The predicted molar refractivity (Wildman–Crippen MR) is 45.5 cm³/mol. The second kappa shape index (κ2) is 3.52. The van der Waals surface area contributed by atoms with Crippen LogP contribution < -0.4 is 10.6 Å². The molecule has 0 aromatic carbocycles. The van der Waals surface area contributed by atoms with Crippen LogP contribution in [0.1, 0.15) is 12.8 Å². The quantitative estimate of drug-likeness (QED) is 0.539. The topological polar surface area (TPSA) is 27.3 Å². The average molecular weight is 155 g/mol. The maximum absolute atomic E-state index is 3.41. The molecule has 2 saturated heterocycles. The first-order valence-electron chi connectivity index (χ1n) is 4.62. The summed E-state index contributed by atoms with van der Waals surface area (Å²) in [5.74, 6) is 0. The fraction of sp³-hybridized carbons (Fsp3) is 1.00. The summed E-state index contributed by atoms with van der Waals surface area (Å²) in [6, 6.07) is 0.808. The maximum Gasteiger partial charge on any atom is 0.0483 e. The van der Waals surface area contributed by atoms with Gasteiger partial charge in [-0.15, -0.1) is 0 Å². The lowest BCUT2D eigenvalue weighted by Gasteiger charge is -2.32. The smallest absolute Gasteiger partial charge is 0.0483 e. The second-order valence-corrected chi connectivity index (χ2v) is 3.47. The molecule has 2 fully saturated rings. The summed E-state index contributed by atoms with van der Waals surface area (Å²) >= 11 is 0. The van der Waals surface area contributed by atoms with Gasteiger partial charge < -0.3 is 10.6 Å². The summed E-state index contributed by atoms with van der Waals surface area (Å²) in [6.45, 7) is 6.01. The molecule has 0 aromatic rings. The van der Waals surface area contributed by atoms with Gasteiger partial charge in [0, 0.05) is 25.8 Å². The van der Waals surface area contributed by atoms with E-state index in [9.17, 15) is 0 Å². The lowest BCUT2D eigenvalue weighted by atomic mass is 10.2. The Bertz CT molecular complexity index is 115. The van der Waals surface area contributed by atoms with Gasteiger partial charge in [0.25, 0.3) is 0 Å². The van der Waals surface area contributed by atoms with Gasteiger partial charge in [-0.3, -0.25) is 4.90 Å². The highest BCUT2D eigenvalue weighted by atomic mass is 15.3. The van der Waals surface area contributed by atoms with Gasteiger partial charge in [0.05, 0.1) is 0 Å². The molecule has 3 heteroatoms. The number of nitrogens with one attached hydrogen (secondary N) is 2. The van der Waals surface area contributed by atoms with E-state index >= 15 is 0 Å². The van der Waals surface area contributed by atoms with Crippen molar-refractivity contribution in [3.8, 4) is 0 Å². The standard InChI is InChI=1S/C8H17N3/c1-3-10-7-11(5-1)8-2-4-9-6-8/h8-10H,1-7H2. The Balaban J connectivity index is 1.82. The fourth-order valence-electron chi connectivity index (χ4n) is 1.97. The van der Waals surface area contributed by atoms with Crippen LogP contribution in [0.25, 0.3) is 0 Å². The first-order chi connectivity index (χ1) is 5.47. The third kappa shape index (κ3) is 1.72. The molecule has 2 N–H and O–H groups in total. The monoisotopic (exact) mass is 155 g/mol. The third-order valence-corrected chi connectivity index (χ3v) is 2.66. The highest BCUT2D eigenvalue weighted by Crippen LogP contribution is 2.09. The molecule has 0 aromatic heterocycles. The van der Waals surface area contributed by atoms with Crippen molar-refractivity contribution < 1.29 is 0 Å². The summed E-state index contributed by atoms with van der Waals surface area (Å²) in [4.78, 5) is 2.56. The van der Waals surface area contributed by atoms with Crippen molar-refractivity contribution in [3.63, 3.8) is 0 Å². The molecule has 1 atom stereocenters. The van der Waals surface area contributed by atoms with E-state index in [0.717, 1.165) is 12.7 Å². The molecule has 0 saturated carbocycles. The van der Waals surface area contributed by atoms with Crippen LogP contribution in [-0.4, -0.2) is 43.8 Å². The Kier molecular flexibility index (Phi) is 2.41. The van der Waals surface area contributed by atoms with Crippen LogP contribution >= 0.6 is 0 Å². The Hall–Kier alpha value is -0.120. The van der Waals surface area contributed by atoms with E-state index < -0.39 is 0 Å². The van der Waals surface area contributed by atoms with Crippen LogP contribution in [0.5, 0.6) is 0 Å². The van der Waals surface area contributed by atoms with E-state index in [4.69, 9.17) is 0 Å². The van der Waals surface area contributed by atoms with Gasteiger partial charge in [-0.25, -0.2) is 0 Å². The summed E-state index contributed by atoms with van der Waals surface area (Å²) < 4.78 is 0. The lowest BCUT2D eigenvalue weighted by Crippen LogP contribution is -2.47. The zero-order chi connectivity index (χ0) is 7.52. The highest BCUT2D eigenvalue weighted by molar-refractivity contribution is 4.81. The molecule has 0 amide bonds. The van der Waals surface area contributed by atoms with Crippen molar-refractivity contribution in [2.75, 3.05) is 32.8 Å². The maximum atomic E-state index is 3.41. The summed E-state index contributed by atoms with van der Waals surface area (Å²) in [5.41, 5.74) is 0. The van der Waals surface area contributed by atoms with E-state index in [0.29, 0.717) is 0 Å². The zero-order valence-electron chi connectivity index (χ0n) is 6.97. The molecular formula is C8H17N3. The highest BCUT2D eigenvalue weighted by Gasteiger charge is 2.22. The fourth-order valence-corrected chi connectivity index (χ4v) is 1.97. The van der Waals surface area contributed by atoms with Crippen molar-refractivity contribution in [2.24, 2.45) is 0 Å². The molecule has 11 heavy (non-hydrogen) atoms. The zero-order valence-corrected chi connectivity index (χ0v) is 6.97. The van der Waals surface area contributed by atoms with Crippen molar-refractivity contribution in [1.82, 2.24) is 15.5 Å². The molecular weight excluding hydrogens is 138 g/mol. The molecule has 1 unspecified atom stereocenters. The molecule has 0 spiro atoms. The molecule has 64 valence electrons. The van der Waals surface area contributed by atoms with E-state index in [2.05, 4.69) is 15.5 Å². The number of nitrogens with zero attached hydrogens (tertiary/aromatic N) is 1. The van der Waals surface area contributed by atoms with Gasteiger partial charge >= 0.3 is 0 Å². The molecule has 2 aliphatic heterocycles. The van der Waals surface area contributed by atoms with Crippen LogP contribution in [0.15, 0.2) is 0 Å². The average Bonchev–Trinajstić information content (AvgIpc) is 2.58. The molecule has 0 radical (unpaired) electrons. The Morgan fingerprint density at radius 1 is 1.18 bits per heavy atom. The molecule has 2 aliphatic rings. The number of hydrogen-bond donors (Lipinski definition) is 2. The minimum absolute atomic E-state index is 0.808. The summed E-state index contributed by atoms with van der Waals surface area (Å²) in [6.07, 6.45) is 2.65. The van der Waals surface area contributed by atoms with Gasteiger partial charge in [0.2, 0.25) is 0 Å². The van der Waals surface area contributed by atoms with Gasteiger partial charge in [-0.1, -0.05) is 0 Å².